The van der Waals surface area contributed by atoms with Gasteiger partial charge in [0.15, 0.2) is 0 Å². The van der Waals surface area contributed by atoms with Crippen LogP contribution in [0.15, 0.2) is 0 Å². The van der Waals surface area contributed by atoms with Crippen LogP contribution in [0.3, 0.4) is 0 Å². The van der Waals surface area contributed by atoms with Gasteiger partial charge in [-0.1, -0.05) is 24.0 Å². The highest BCUT2D eigenvalue weighted by Gasteiger charge is 2.12. The molecule has 1 fully saturated rings. The van der Waals surface area contributed by atoms with Gasteiger partial charge in [-0.2, -0.15) is 0 Å². The summed E-state index contributed by atoms with van der Waals surface area (Å²) in [6.07, 6.45) is 0. The molecule has 1 atom stereocenters. The Hall–Kier alpha value is 0.240. The van der Waals surface area contributed by atoms with E-state index in [9.17, 15) is 0 Å². The predicted molar refractivity (Wildman–Crippen MR) is 37.7 cm³/mol. The normalized spacial score (nSPS) is 30.4. The van der Waals surface area contributed by atoms with E-state index in [4.69, 9.17) is 12.2 Å². The third-order valence-electron chi connectivity index (χ3n) is 0.829. The van der Waals surface area contributed by atoms with E-state index in [1.807, 2.05) is 0 Å². The fourth-order valence-electron chi connectivity index (χ4n) is 0.485. The Kier molecular flexibility index (Phi) is 1.54. The maximum Gasteiger partial charge on any atom is 0.134 e. The maximum absolute atomic E-state index is 4.85. The van der Waals surface area contributed by atoms with Crippen LogP contribution in [0.1, 0.15) is 6.92 Å². The van der Waals surface area contributed by atoms with E-state index in [1.165, 1.54) is 0 Å². The van der Waals surface area contributed by atoms with Crippen molar-refractivity contribution in [1.82, 2.24) is 5.32 Å². The van der Waals surface area contributed by atoms with Gasteiger partial charge >= 0.3 is 0 Å². The molecule has 0 aromatic heterocycles. The minimum Gasteiger partial charge on any atom is -0.368 e. The second-order valence-corrected chi connectivity index (χ2v) is 3.34. The zero-order chi connectivity index (χ0) is 5.28. The van der Waals surface area contributed by atoms with E-state index in [1.54, 1.807) is 11.8 Å². The van der Waals surface area contributed by atoms with E-state index >= 15 is 0 Å². The van der Waals surface area contributed by atoms with Crippen molar-refractivity contribution in [3.8, 4) is 0 Å². The molecule has 0 saturated carbocycles. The highest BCUT2D eigenvalue weighted by Crippen LogP contribution is 2.11. The Labute approximate surface area is 52.9 Å². The van der Waals surface area contributed by atoms with Crippen molar-refractivity contribution < 1.29 is 0 Å². The lowest BCUT2D eigenvalue weighted by Gasteiger charge is -1.96. The van der Waals surface area contributed by atoms with Gasteiger partial charge in [-0.25, -0.2) is 0 Å². The molecule has 0 bridgehead atoms. The Morgan fingerprint density at radius 3 is 2.86 bits per heavy atom. The fraction of sp³-hybridized carbons (Fsp3) is 0.750. The number of hydrogen-bond acceptors (Lipinski definition) is 2. The second kappa shape index (κ2) is 2.01. The first kappa shape index (κ1) is 5.38. The number of thioether (sulfide) groups is 1. The summed E-state index contributed by atoms with van der Waals surface area (Å²) in [6, 6.07) is 0.595. The standard InChI is InChI=1S/C4H7NS2/c1-3-2-7-4(6)5-3/h3H,2H2,1H3,(H,5,6). The molecule has 1 unspecified atom stereocenters. The Morgan fingerprint density at radius 2 is 2.71 bits per heavy atom. The van der Waals surface area contributed by atoms with Gasteiger partial charge in [0.05, 0.1) is 0 Å². The van der Waals surface area contributed by atoms with E-state index in [0.717, 1.165) is 10.1 Å². The zero-order valence-corrected chi connectivity index (χ0v) is 5.73. The fourth-order valence-corrected chi connectivity index (χ4v) is 1.66. The summed E-state index contributed by atoms with van der Waals surface area (Å²) in [5, 5.41) is 3.11. The highest BCUT2D eigenvalue weighted by molar-refractivity contribution is 8.23. The molecule has 0 aromatic rings. The van der Waals surface area contributed by atoms with Gasteiger partial charge in [-0.15, -0.1) is 0 Å². The van der Waals surface area contributed by atoms with Crippen LogP contribution in [0.25, 0.3) is 0 Å². The summed E-state index contributed by atoms with van der Waals surface area (Å²) in [6.45, 7) is 2.13. The SMILES string of the molecule is CC1CSC(=S)N1. The molecule has 1 aliphatic rings. The van der Waals surface area contributed by atoms with Crippen LogP contribution >= 0.6 is 24.0 Å². The van der Waals surface area contributed by atoms with Crippen LogP contribution in [-0.4, -0.2) is 16.1 Å². The first-order chi connectivity index (χ1) is 3.29. The number of rotatable bonds is 0. The lowest BCUT2D eigenvalue weighted by atomic mass is 10.4. The third-order valence-corrected chi connectivity index (χ3v) is 2.35. The lowest BCUT2D eigenvalue weighted by molar-refractivity contribution is 0.773. The minimum absolute atomic E-state index is 0.595. The topological polar surface area (TPSA) is 12.0 Å². The van der Waals surface area contributed by atoms with Crippen LogP contribution in [0.4, 0.5) is 0 Å². The third kappa shape index (κ3) is 1.31. The molecule has 40 valence electrons. The highest BCUT2D eigenvalue weighted by atomic mass is 32.2. The van der Waals surface area contributed by atoms with Gasteiger partial charge in [-0.05, 0) is 6.92 Å². The van der Waals surface area contributed by atoms with Crippen molar-refractivity contribution in [3.05, 3.63) is 0 Å². The summed E-state index contributed by atoms with van der Waals surface area (Å²) in [5.74, 6) is 1.14. The minimum atomic E-state index is 0.595. The van der Waals surface area contributed by atoms with Crippen LogP contribution in [0.2, 0.25) is 0 Å². The molecule has 1 N–H and O–H groups in total. The van der Waals surface area contributed by atoms with Gasteiger partial charge < -0.3 is 5.32 Å². The molecular formula is C4H7NS2. The van der Waals surface area contributed by atoms with Gasteiger partial charge in [0, 0.05) is 11.8 Å². The average molecular weight is 133 g/mol. The summed E-state index contributed by atoms with van der Waals surface area (Å²) in [5.41, 5.74) is 0. The molecule has 0 aromatic carbocycles. The molecule has 0 radical (unpaired) electrons. The predicted octanol–water partition coefficient (Wildman–Crippen LogP) is 0.996. The van der Waals surface area contributed by atoms with Crippen molar-refractivity contribution in [2.75, 3.05) is 5.75 Å². The van der Waals surface area contributed by atoms with E-state index in [-0.39, 0.29) is 0 Å². The maximum atomic E-state index is 4.85. The molecule has 0 amide bonds. The first-order valence-electron chi connectivity index (χ1n) is 2.22. The Balaban J connectivity index is 2.40. The first-order valence-corrected chi connectivity index (χ1v) is 3.62. The van der Waals surface area contributed by atoms with Crippen molar-refractivity contribution in [2.24, 2.45) is 0 Å². The molecular weight excluding hydrogens is 126 g/mol. The summed E-state index contributed by atoms with van der Waals surface area (Å²) in [4.78, 5) is 0. The number of nitrogens with one attached hydrogen (secondary N) is 1. The molecule has 0 spiro atoms. The summed E-state index contributed by atoms with van der Waals surface area (Å²) >= 11 is 6.57. The molecule has 1 saturated heterocycles. The van der Waals surface area contributed by atoms with Crippen LogP contribution in [0, 0.1) is 0 Å². The van der Waals surface area contributed by atoms with Crippen LogP contribution < -0.4 is 5.32 Å². The lowest BCUT2D eigenvalue weighted by Crippen LogP contribution is -2.21. The molecule has 3 heteroatoms. The van der Waals surface area contributed by atoms with Gasteiger partial charge in [0.25, 0.3) is 0 Å². The van der Waals surface area contributed by atoms with E-state index < -0.39 is 0 Å². The molecule has 1 rings (SSSR count). The summed E-state index contributed by atoms with van der Waals surface area (Å²) in [7, 11) is 0. The number of hydrogen-bond donors (Lipinski definition) is 1. The summed E-state index contributed by atoms with van der Waals surface area (Å²) < 4.78 is 0.951. The van der Waals surface area contributed by atoms with E-state index in [0.29, 0.717) is 6.04 Å². The van der Waals surface area contributed by atoms with Gasteiger partial charge in [0.1, 0.15) is 4.32 Å². The Morgan fingerprint density at radius 1 is 2.00 bits per heavy atom. The molecule has 1 nitrogen and oxygen atoms in total. The monoisotopic (exact) mass is 133 g/mol. The van der Waals surface area contributed by atoms with Gasteiger partial charge in [0.2, 0.25) is 0 Å². The smallest absolute Gasteiger partial charge is 0.134 e. The number of thiocarbonyl (C=S) groups is 1. The second-order valence-electron chi connectivity index (χ2n) is 1.64. The largest absolute Gasteiger partial charge is 0.368 e. The zero-order valence-electron chi connectivity index (χ0n) is 4.10. The quantitative estimate of drug-likeness (QED) is 0.495. The van der Waals surface area contributed by atoms with Crippen molar-refractivity contribution >= 4 is 28.3 Å². The van der Waals surface area contributed by atoms with Crippen LogP contribution in [-0.2, 0) is 0 Å². The molecule has 7 heavy (non-hydrogen) atoms. The van der Waals surface area contributed by atoms with E-state index in [2.05, 4.69) is 12.2 Å². The molecule has 1 aliphatic heterocycles. The Bertz CT molecular complexity index is 91.7. The molecule has 1 heterocycles. The van der Waals surface area contributed by atoms with Crippen molar-refractivity contribution in [1.29, 1.82) is 0 Å². The molecule has 0 aliphatic carbocycles. The van der Waals surface area contributed by atoms with Crippen molar-refractivity contribution in [3.63, 3.8) is 0 Å². The van der Waals surface area contributed by atoms with Gasteiger partial charge in [-0.3, -0.25) is 0 Å². The van der Waals surface area contributed by atoms with Crippen molar-refractivity contribution in [2.45, 2.75) is 13.0 Å². The van der Waals surface area contributed by atoms with Crippen LogP contribution in [0.5, 0.6) is 0 Å². The average Bonchev–Trinajstić information content (AvgIpc) is 1.87.